The van der Waals surface area contributed by atoms with E-state index in [0.29, 0.717) is 5.75 Å². The lowest BCUT2D eigenvalue weighted by Gasteiger charge is -2.06. The van der Waals surface area contributed by atoms with Gasteiger partial charge in [0, 0.05) is 0 Å². The molecule has 3 heteroatoms. The first kappa shape index (κ1) is 13.2. The van der Waals surface area contributed by atoms with E-state index in [0.717, 1.165) is 16.3 Å². The van der Waals surface area contributed by atoms with Crippen molar-refractivity contribution in [1.29, 1.82) is 0 Å². The molecular weight excluding hydrogens is 264 g/mol. The standard InChI is InChI=1S/C18H14O3/c19-16-8-5-13(6-9-16)11-18(20)21-17-10-7-14-3-1-2-4-15(14)12-17/h1-10,12,19H,11H2. The van der Waals surface area contributed by atoms with Crippen molar-refractivity contribution >= 4 is 16.7 Å². The SMILES string of the molecule is O=C(Cc1ccc(O)cc1)Oc1ccc2ccccc2c1. The van der Waals surface area contributed by atoms with E-state index in [2.05, 4.69) is 0 Å². The van der Waals surface area contributed by atoms with Crippen LogP contribution in [0.1, 0.15) is 5.56 Å². The van der Waals surface area contributed by atoms with E-state index in [-0.39, 0.29) is 18.1 Å². The number of fused-ring (bicyclic) bond motifs is 1. The number of aromatic hydroxyl groups is 1. The molecule has 0 saturated heterocycles. The number of hydrogen-bond donors (Lipinski definition) is 1. The summed E-state index contributed by atoms with van der Waals surface area (Å²) in [5, 5.41) is 11.4. The van der Waals surface area contributed by atoms with Crippen LogP contribution in [0, 0.1) is 0 Å². The van der Waals surface area contributed by atoms with Crippen molar-refractivity contribution < 1.29 is 14.6 Å². The van der Waals surface area contributed by atoms with Crippen molar-refractivity contribution in [2.45, 2.75) is 6.42 Å². The highest BCUT2D eigenvalue weighted by Gasteiger charge is 2.07. The van der Waals surface area contributed by atoms with E-state index < -0.39 is 0 Å². The molecule has 0 unspecified atom stereocenters. The third-order valence-corrected chi connectivity index (χ3v) is 3.24. The number of esters is 1. The molecule has 0 atom stereocenters. The molecule has 0 radical (unpaired) electrons. The summed E-state index contributed by atoms with van der Waals surface area (Å²) in [6.07, 6.45) is 0.174. The normalized spacial score (nSPS) is 10.5. The highest BCUT2D eigenvalue weighted by molar-refractivity contribution is 5.85. The van der Waals surface area contributed by atoms with Crippen molar-refractivity contribution in [2.24, 2.45) is 0 Å². The molecule has 0 saturated carbocycles. The van der Waals surface area contributed by atoms with Crippen LogP contribution in [0.3, 0.4) is 0 Å². The van der Waals surface area contributed by atoms with Gasteiger partial charge in [-0.1, -0.05) is 42.5 Å². The predicted octanol–water partition coefficient (Wildman–Crippen LogP) is 3.69. The summed E-state index contributed by atoms with van der Waals surface area (Å²) in [6, 6.07) is 20.0. The monoisotopic (exact) mass is 278 g/mol. The van der Waals surface area contributed by atoms with Crippen LogP contribution in [-0.4, -0.2) is 11.1 Å². The largest absolute Gasteiger partial charge is 0.508 e. The minimum Gasteiger partial charge on any atom is -0.508 e. The molecule has 104 valence electrons. The maximum absolute atomic E-state index is 11.9. The summed E-state index contributed by atoms with van der Waals surface area (Å²) in [7, 11) is 0. The number of benzene rings is 3. The lowest BCUT2D eigenvalue weighted by Crippen LogP contribution is -2.11. The second kappa shape index (κ2) is 5.67. The number of phenols is 1. The van der Waals surface area contributed by atoms with Gasteiger partial charge in [-0.05, 0) is 40.6 Å². The number of carbonyl (C=O) groups is 1. The molecule has 3 aromatic carbocycles. The lowest BCUT2D eigenvalue weighted by molar-refractivity contribution is -0.133. The molecule has 0 aliphatic rings. The zero-order valence-electron chi connectivity index (χ0n) is 11.3. The Morgan fingerprint density at radius 3 is 2.38 bits per heavy atom. The quantitative estimate of drug-likeness (QED) is 0.587. The first-order valence-electron chi connectivity index (χ1n) is 6.68. The Morgan fingerprint density at radius 2 is 1.62 bits per heavy atom. The molecule has 3 nitrogen and oxygen atoms in total. The molecule has 0 aromatic heterocycles. The molecule has 1 N–H and O–H groups in total. The Morgan fingerprint density at radius 1 is 0.905 bits per heavy atom. The van der Waals surface area contributed by atoms with E-state index in [1.807, 2.05) is 36.4 Å². The molecular formula is C18H14O3. The van der Waals surface area contributed by atoms with E-state index in [1.54, 1.807) is 30.3 Å². The van der Waals surface area contributed by atoms with Gasteiger partial charge in [0.15, 0.2) is 0 Å². The second-order valence-corrected chi connectivity index (χ2v) is 4.83. The van der Waals surface area contributed by atoms with Crippen LogP contribution >= 0.6 is 0 Å². The summed E-state index contributed by atoms with van der Waals surface area (Å²) < 4.78 is 5.36. The average Bonchev–Trinajstić information content (AvgIpc) is 2.49. The van der Waals surface area contributed by atoms with Crippen molar-refractivity contribution in [3.8, 4) is 11.5 Å². The van der Waals surface area contributed by atoms with E-state index in [1.165, 1.54) is 0 Å². The minimum absolute atomic E-state index is 0.174. The smallest absolute Gasteiger partial charge is 0.315 e. The average molecular weight is 278 g/mol. The van der Waals surface area contributed by atoms with Gasteiger partial charge in [0.1, 0.15) is 11.5 Å². The first-order chi connectivity index (χ1) is 10.2. The molecule has 0 bridgehead atoms. The summed E-state index contributed by atoms with van der Waals surface area (Å²) in [5.41, 5.74) is 0.804. The Labute approximate surface area is 122 Å². The predicted molar refractivity (Wildman–Crippen MR) is 81.4 cm³/mol. The van der Waals surface area contributed by atoms with Gasteiger partial charge in [-0.2, -0.15) is 0 Å². The molecule has 0 aliphatic carbocycles. The number of rotatable bonds is 3. The number of phenolic OH excluding ortho intramolecular Hbond substituents is 1. The van der Waals surface area contributed by atoms with Crippen LogP contribution in [0.15, 0.2) is 66.7 Å². The van der Waals surface area contributed by atoms with Crippen molar-refractivity contribution in [1.82, 2.24) is 0 Å². The van der Waals surface area contributed by atoms with Crippen LogP contribution in [0.4, 0.5) is 0 Å². The highest BCUT2D eigenvalue weighted by Crippen LogP contribution is 2.21. The van der Waals surface area contributed by atoms with Gasteiger partial charge in [0.25, 0.3) is 0 Å². The molecule has 0 heterocycles. The van der Waals surface area contributed by atoms with Crippen molar-refractivity contribution in [2.75, 3.05) is 0 Å². The number of ether oxygens (including phenoxy) is 1. The van der Waals surface area contributed by atoms with Crippen LogP contribution in [0.25, 0.3) is 10.8 Å². The Bertz CT molecular complexity index is 776. The minimum atomic E-state index is -0.323. The third kappa shape index (κ3) is 3.20. The van der Waals surface area contributed by atoms with E-state index in [9.17, 15) is 9.90 Å². The molecule has 0 spiro atoms. The Hall–Kier alpha value is -2.81. The number of carbonyl (C=O) groups excluding carboxylic acids is 1. The zero-order valence-corrected chi connectivity index (χ0v) is 11.3. The maximum atomic E-state index is 11.9. The Balaban J connectivity index is 1.72. The van der Waals surface area contributed by atoms with Crippen molar-refractivity contribution in [3.05, 3.63) is 72.3 Å². The number of hydrogen-bond acceptors (Lipinski definition) is 3. The third-order valence-electron chi connectivity index (χ3n) is 3.24. The summed E-state index contributed by atoms with van der Waals surface area (Å²) in [4.78, 5) is 11.9. The van der Waals surface area contributed by atoms with Gasteiger partial charge in [0.2, 0.25) is 0 Å². The van der Waals surface area contributed by atoms with Crippen LogP contribution in [0.5, 0.6) is 11.5 Å². The van der Waals surface area contributed by atoms with Gasteiger partial charge in [-0.3, -0.25) is 4.79 Å². The summed E-state index contributed by atoms with van der Waals surface area (Å²) in [5.74, 6) is 0.398. The maximum Gasteiger partial charge on any atom is 0.315 e. The van der Waals surface area contributed by atoms with Gasteiger partial charge in [-0.15, -0.1) is 0 Å². The van der Waals surface area contributed by atoms with Gasteiger partial charge in [0.05, 0.1) is 6.42 Å². The molecule has 3 rings (SSSR count). The molecule has 0 amide bonds. The topological polar surface area (TPSA) is 46.5 Å². The fourth-order valence-corrected chi connectivity index (χ4v) is 2.18. The second-order valence-electron chi connectivity index (χ2n) is 4.83. The molecule has 21 heavy (non-hydrogen) atoms. The summed E-state index contributed by atoms with van der Waals surface area (Å²) in [6.45, 7) is 0. The summed E-state index contributed by atoms with van der Waals surface area (Å²) >= 11 is 0. The molecule has 3 aromatic rings. The van der Waals surface area contributed by atoms with Crippen LogP contribution in [0.2, 0.25) is 0 Å². The molecule has 0 aliphatic heterocycles. The van der Waals surface area contributed by atoms with Crippen LogP contribution in [-0.2, 0) is 11.2 Å². The fourth-order valence-electron chi connectivity index (χ4n) is 2.18. The van der Waals surface area contributed by atoms with Gasteiger partial charge < -0.3 is 9.84 Å². The Kier molecular flexibility index (Phi) is 3.56. The molecule has 0 fully saturated rings. The zero-order chi connectivity index (χ0) is 14.7. The fraction of sp³-hybridized carbons (Fsp3) is 0.0556. The van der Waals surface area contributed by atoms with E-state index in [4.69, 9.17) is 4.74 Å². The van der Waals surface area contributed by atoms with Crippen LogP contribution < -0.4 is 4.74 Å². The highest BCUT2D eigenvalue weighted by atomic mass is 16.5. The first-order valence-corrected chi connectivity index (χ1v) is 6.68. The van der Waals surface area contributed by atoms with E-state index >= 15 is 0 Å². The lowest BCUT2D eigenvalue weighted by atomic mass is 10.1. The van der Waals surface area contributed by atoms with Gasteiger partial charge >= 0.3 is 5.97 Å². The van der Waals surface area contributed by atoms with Gasteiger partial charge in [-0.25, -0.2) is 0 Å². The van der Waals surface area contributed by atoms with Crippen molar-refractivity contribution in [3.63, 3.8) is 0 Å².